The van der Waals surface area contributed by atoms with Crippen molar-refractivity contribution in [1.29, 1.82) is 0 Å². The maximum atomic E-state index is 10.9. The molecule has 1 aromatic rings. The number of carboxylic acids is 1. The molecule has 0 atom stereocenters. The fourth-order valence-electron chi connectivity index (χ4n) is 2.33. The van der Waals surface area contributed by atoms with Crippen molar-refractivity contribution in [2.75, 3.05) is 18.4 Å². The molecule has 1 heterocycles. The van der Waals surface area contributed by atoms with Gasteiger partial charge in [0.05, 0.1) is 12.0 Å². The van der Waals surface area contributed by atoms with Gasteiger partial charge >= 0.3 is 5.97 Å². The highest BCUT2D eigenvalue weighted by Crippen LogP contribution is 2.24. The Bertz CT molecular complexity index is 419. The molecule has 17 heavy (non-hydrogen) atoms. The predicted molar refractivity (Wildman–Crippen MR) is 67.4 cm³/mol. The van der Waals surface area contributed by atoms with Crippen LogP contribution in [-0.4, -0.2) is 29.7 Å². The summed E-state index contributed by atoms with van der Waals surface area (Å²) in [4.78, 5) is 10.9. The lowest BCUT2D eigenvalue weighted by Gasteiger charge is -2.43. The molecule has 1 aromatic carbocycles. The molecular formula is C13H18N2O2. The number of nitrogens with one attached hydrogen (secondary N) is 2. The van der Waals surface area contributed by atoms with Gasteiger partial charge in [0.15, 0.2) is 0 Å². The fraction of sp³-hybridized carbons (Fsp3) is 0.462. The number of anilines is 1. The Morgan fingerprint density at radius 1 is 1.35 bits per heavy atom. The summed E-state index contributed by atoms with van der Waals surface area (Å²) in [5, 5.41) is 15.4. The van der Waals surface area contributed by atoms with Gasteiger partial charge in [0.25, 0.3) is 0 Å². The van der Waals surface area contributed by atoms with Crippen molar-refractivity contribution >= 4 is 11.7 Å². The highest BCUT2D eigenvalue weighted by atomic mass is 16.4. The van der Waals surface area contributed by atoms with Gasteiger partial charge in [-0.2, -0.15) is 0 Å². The van der Waals surface area contributed by atoms with Crippen molar-refractivity contribution in [3.63, 3.8) is 0 Å². The fourth-order valence-corrected chi connectivity index (χ4v) is 2.33. The number of aliphatic carboxylic acids is 1. The van der Waals surface area contributed by atoms with E-state index in [0.29, 0.717) is 13.1 Å². The number of rotatable bonds is 4. The van der Waals surface area contributed by atoms with Crippen LogP contribution >= 0.6 is 0 Å². The van der Waals surface area contributed by atoms with E-state index < -0.39 is 5.97 Å². The summed E-state index contributed by atoms with van der Waals surface area (Å²) < 4.78 is 0. The minimum Gasteiger partial charge on any atom is -0.481 e. The molecule has 1 saturated heterocycles. The van der Waals surface area contributed by atoms with Gasteiger partial charge in [-0.05, 0) is 37.1 Å². The Morgan fingerprint density at radius 2 is 1.94 bits per heavy atom. The van der Waals surface area contributed by atoms with Crippen LogP contribution in [0, 0.1) is 13.8 Å². The van der Waals surface area contributed by atoms with Crippen LogP contribution in [0.5, 0.6) is 0 Å². The Labute approximate surface area is 101 Å². The molecule has 2 rings (SSSR count). The van der Waals surface area contributed by atoms with Gasteiger partial charge in [0.2, 0.25) is 0 Å². The summed E-state index contributed by atoms with van der Waals surface area (Å²) in [6.45, 7) is 5.49. The molecule has 0 aliphatic carbocycles. The molecular weight excluding hydrogens is 216 g/mol. The van der Waals surface area contributed by atoms with Crippen LogP contribution in [0.4, 0.5) is 5.69 Å². The molecule has 4 nitrogen and oxygen atoms in total. The summed E-state index contributed by atoms with van der Waals surface area (Å²) >= 11 is 0. The van der Waals surface area contributed by atoms with E-state index in [9.17, 15) is 4.79 Å². The zero-order valence-electron chi connectivity index (χ0n) is 10.2. The molecule has 0 saturated carbocycles. The first-order chi connectivity index (χ1) is 7.99. The van der Waals surface area contributed by atoms with E-state index in [0.717, 1.165) is 5.69 Å². The summed E-state index contributed by atoms with van der Waals surface area (Å²) in [5.41, 5.74) is 3.05. The average molecular weight is 234 g/mol. The Kier molecular flexibility index (Phi) is 3.07. The highest BCUT2D eigenvalue weighted by Gasteiger charge is 2.38. The first-order valence-corrected chi connectivity index (χ1v) is 5.78. The van der Waals surface area contributed by atoms with Gasteiger partial charge in [-0.25, -0.2) is 0 Å². The number of aryl methyl sites for hydroxylation is 2. The number of carbonyl (C=O) groups is 1. The second-order valence-corrected chi connectivity index (χ2v) is 4.96. The molecule has 0 radical (unpaired) electrons. The maximum Gasteiger partial charge on any atom is 0.305 e. The van der Waals surface area contributed by atoms with Crippen LogP contribution in [0.3, 0.4) is 0 Å². The predicted octanol–water partition coefficient (Wildman–Crippen LogP) is 1.53. The average Bonchev–Trinajstić information content (AvgIpc) is 2.11. The first-order valence-electron chi connectivity index (χ1n) is 5.78. The summed E-state index contributed by atoms with van der Waals surface area (Å²) in [6.07, 6.45) is 0.146. The molecule has 3 N–H and O–H groups in total. The van der Waals surface area contributed by atoms with Gasteiger partial charge in [-0.1, -0.05) is 6.07 Å². The van der Waals surface area contributed by atoms with Gasteiger partial charge in [0.1, 0.15) is 0 Å². The van der Waals surface area contributed by atoms with Crippen LogP contribution in [0.1, 0.15) is 17.5 Å². The normalized spacial score (nSPS) is 17.3. The quantitative estimate of drug-likeness (QED) is 0.739. The molecule has 0 spiro atoms. The largest absolute Gasteiger partial charge is 0.481 e. The Hall–Kier alpha value is -1.55. The smallest absolute Gasteiger partial charge is 0.305 e. The monoisotopic (exact) mass is 234 g/mol. The van der Waals surface area contributed by atoms with E-state index in [-0.39, 0.29) is 12.0 Å². The standard InChI is InChI=1S/C13H18N2O2/c1-9-3-10(2)5-11(4-9)15-13(6-12(16)17)7-14-8-13/h3-5,14-15H,6-8H2,1-2H3,(H,16,17). The van der Waals surface area contributed by atoms with E-state index in [2.05, 4.69) is 28.8 Å². The second-order valence-electron chi connectivity index (χ2n) is 4.96. The Balaban J connectivity index is 2.15. The Morgan fingerprint density at radius 3 is 2.35 bits per heavy atom. The van der Waals surface area contributed by atoms with Crippen LogP contribution in [0.2, 0.25) is 0 Å². The van der Waals surface area contributed by atoms with Gasteiger partial charge in [-0.3, -0.25) is 4.79 Å². The van der Waals surface area contributed by atoms with Gasteiger partial charge in [0, 0.05) is 18.8 Å². The van der Waals surface area contributed by atoms with Crippen LogP contribution in [0.25, 0.3) is 0 Å². The topological polar surface area (TPSA) is 61.4 Å². The van der Waals surface area contributed by atoms with E-state index in [1.54, 1.807) is 0 Å². The van der Waals surface area contributed by atoms with E-state index in [1.807, 2.05) is 13.8 Å². The summed E-state index contributed by atoms with van der Waals surface area (Å²) in [6, 6.07) is 6.21. The first kappa shape index (κ1) is 11.9. The number of carboxylic acid groups (broad SMARTS) is 1. The lowest BCUT2D eigenvalue weighted by atomic mass is 9.88. The molecule has 1 aliphatic rings. The van der Waals surface area contributed by atoms with Gasteiger partial charge in [-0.15, -0.1) is 0 Å². The van der Waals surface area contributed by atoms with E-state index >= 15 is 0 Å². The number of hydrogen-bond donors (Lipinski definition) is 3. The third kappa shape index (κ3) is 2.77. The minimum atomic E-state index is -0.761. The SMILES string of the molecule is Cc1cc(C)cc(NC2(CC(=O)O)CNC2)c1. The molecule has 0 bridgehead atoms. The van der Waals surface area contributed by atoms with Crippen LogP contribution in [-0.2, 0) is 4.79 Å². The second kappa shape index (κ2) is 4.37. The van der Waals surface area contributed by atoms with Crippen LogP contribution in [0.15, 0.2) is 18.2 Å². The van der Waals surface area contributed by atoms with Crippen molar-refractivity contribution < 1.29 is 9.90 Å². The van der Waals surface area contributed by atoms with Crippen molar-refractivity contribution in [2.24, 2.45) is 0 Å². The number of hydrogen-bond acceptors (Lipinski definition) is 3. The zero-order chi connectivity index (χ0) is 12.5. The summed E-state index contributed by atoms with van der Waals surface area (Å²) in [5.74, 6) is -0.761. The minimum absolute atomic E-state index is 0.146. The number of benzene rings is 1. The van der Waals surface area contributed by atoms with Crippen LogP contribution < -0.4 is 10.6 Å². The molecule has 92 valence electrons. The molecule has 1 aliphatic heterocycles. The molecule has 4 heteroatoms. The lowest BCUT2D eigenvalue weighted by molar-refractivity contribution is -0.138. The maximum absolute atomic E-state index is 10.9. The highest BCUT2D eigenvalue weighted by molar-refractivity contribution is 5.70. The molecule has 0 aromatic heterocycles. The third-order valence-electron chi connectivity index (χ3n) is 3.05. The van der Waals surface area contributed by atoms with Gasteiger partial charge < -0.3 is 15.7 Å². The van der Waals surface area contributed by atoms with Crippen molar-refractivity contribution in [3.05, 3.63) is 29.3 Å². The third-order valence-corrected chi connectivity index (χ3v) is 3.05. The van der Waals surface area contributed by atoms with E-state index in [1.165, 1.54) is 11.1 Å². The molecule has 0 amide bonds. The lowest BCUT2D eigenvalue weighted by Crippen LogP contribution is -2.65. The zero-order valence-corrected chi connectivity index (χ0v) is 10.2. The molecule has 0 unspecified atom stereocenters. The summed E-state index contributed by atoms with van der Waals surface area (Å²) in [7, 11) is 0. The molecule has 1 fully saturated rings. The van der Waals surface area contributed by atoms with E-state index in [4.69, 9.17) is 5.11 Å². The van der Waals surface area contributed by atoms with Crippen molar-refractivity contribution in [2.45, 2.75) is 25.8 Å². The van der Waals surface area contributed by atoms with Crippen molar-refractivity contribution in [1.82, 2.24) is 5.32 Å². The van der Waals surface area contributed by atoms with Crippen molar-refractivity contribution in [3.8, 4) is 0 Å².